The number of hydrogen-bond donors (Lipinski definition) is 0. The summed E-state index contributed by atoms with van der Waals surface area (Å²) in [6.45, 7) is 2.79. The van der Waals surface area contributed by atoms with Crippen LogP contribution in [0.1, 0.15) is 0 Å². The molecule has 68 valence electrons. The lowest BCUT2D eigenvalue weighted by atomic mass is 10.5. The first-order valence-electron chi connectivity index (χ1n) is 3.68. The van der Waals surface area contributed by atoms with E-state index in [0.717, 1.165) is 17.6 Å². The van der Waals surface area contributed by atoms with E-state index in [1.165, 1.54) is 0 Å². The van der Waals surface area contributed by atoms with Crippen LogP contribution in [0.15, 0.2) is 0 Å². The predicted molar refractivity (Wildman–Crippen MR) is 45.5 cm³/mol. The first kappa shape index (κ1) is 11.2. The molecule has 0 heterocycles. The lowest BCUT2D eigenvalue weighted by molar-refractivity contribution is -0.870. The molecule has 11 heavy (non-hydrogen) atoms. The molecule has 0 saturated heterocycles. The van der Waals surface area contributed by atoms with E-state index in [1.807, 2.05) is 0 Å². The lowest BCUT2D eigenvalue weighted by Gasteiger charge is -2.23. The molecule has 0 aromatic rings. The Morgan fingerprint density at radius 3 is 2.18 bits per heavy atom. The fourth-order valence-corrected chi connectivity index (χ4v) is 0.594. The first-order chi connectivity index (χ1) is 5.06. The van der Waals surface area contributed by atoms with Crippen molar-refractivity contribution in [2.45, 2.75) is 0 Å². The fraction of sp³-hybridized carbons (Fsp3) is 1.00. The minimum absolute atomic E-state index is 0.457. The van der Waals surface area contributed by atoms with E-state index in [4.69, 9.17) is 16.6 Å². The summed E-state index contributed by atoms with van der Waals surface area (Å²) in [5.41, 5.74) is 0. The average molecular weight is 183 g/mol. The van der Waals surface area contributed by atoms with Crippen LogP contribution >= 0.6 is 11.9 Å². The van der Waals surface area contributed by atoms with Gasteiger partial charge in [-0.2, -0.15) is 0 Å². The molecule has 0 rings (SSSR count). The molecule has 0 aliphatic heterocycles. The molecule has 0 spiro atoms. The van der Waals surface area contributed by atoms with Crippen LogP contribution in [0.3, 0.4) is 0 Å². The van der Waals surface area contributed by atoms with E-state index in [9.17, 15) is 0 Å². The zero-order valence-electron chi connectivity index (χ0n) is 7.47. The van der Waals surface area contributed by atoms with Crippen LogP contribution < -0.4 is 0 Å². The van der Waals surface area contributed by atoms with Crippen molar-refractivity contribution in [3.63, 3.8) is 0 Å². The summed E-state index contributed by atoms with van der Waals surface area (Å²) in [7, 11) is 6.38. The minimum atomic E-state index is 0.457. The Kier molecular flexibility index (Phi) is 5.86. The van der Waals surface area contributed by atoms with Gasteiger partial charge >= 0.3 is 0 Å². The second-order valence-electron chi connectivity index (χ2n) is 3.44. The maximum absolute atomic E-state index is 5.22. The summed E-state index contributed by atoms with van der Waals surface area (Å²) in [5.74, 6) is 0. The largest absolute Gasteiger partial charge is 0.373 e. The number of quaternary nitrogens is 1. The average Bonchev–Trinajstić information content (AvgIpc) is 1.85. The van der Waals surface area contributed by atoms with E-state index in [-0.39, 0.29) is 0 Å². The van der Waals surface area contributed by atoms with Gasteiger partial charge in [-0.05, 0) is 0 Å². The molecule has 0 fully saturated rings. The van der Waals surface area contributed by atoms with Gasteiger partial charge in [-0.1, -0.05) is 0 Å². The first-order valence-corrected chi connectivity index (χ1v) is 3.99. The number of halogens is 1. The van der Waals surface area contributed by atoms with Crippen LogP contribution in [0.25, 0.3) is 0 Å². The number of hydrogen-bond acceptors (Lipinski definition) is 2. The third kappa shape index (κ3) is 10.2. The summed E-state index contributed by atoms with van der Waals surface area (Å²) in [6.07, 6.45) is 0. The molecule has 0 aromatic heterocycles. The Bertz CT molecular complexity index is 92.9. The molecule has 0 N–H and O–H groups in total. The number of likely N-dealkylation sites (N-methyl/N-ethyl adjacent to an activating group) is 1. The third-order valence-corrected chi connectivity index (χ3v) is 1.37. The Balaban J connectivity index is 3.02. The molecule has 0 radical (unpaired) electrons. The molecule has 0 unspecified atom stereocenters. The maximum Gasteiger partial charge on any atom is 0.102 e. The number of ether oxygens (including phenoxy) is 1. The zero-order chi connectivity index (χ0) is 8.74. The van der Waals surface area contributed by atoms with Crippen molar-refractivity contribution in [3.8, 4) is 0 Å². The van der Waals surface area contributed by atoms with E-state index >= 15 is 0 Å². The van der Waals surface area contributed by atoms with Gasteiger partial charge in [0.2, 0.25) is 0 Å². The Labute approximate surface area is 73.6 Å². The molecule has 0 aliphatic carbocycles. The lowest BCUT2D eigenvalue weighted by Crippen LogP contribution is -2.37. The third-order valence-electron chi connectivity index (χ3n) is 1.21. The molecule has 4 heteroatoms. The van der Waals surface area contributed by atoms with Gasteiger partial charge in [-0.15, -0.1) is 0 Å². The van der Waals surface area contributed by atoms with Crippen molar-refractivity contribution < 1.29 is 13.5 Å². The normalized spacial score (nSPS) is 12.0. The van der Waals surface area contributed by atoms with Gasteiger partial charge in [0.1, 0.15) is 6.54 Å². The smallest absolute Gasteiger partial charge is 0.102 e. The number of nitrogens with zero attached hydrogens (tertiary/aromatic N) is 1. The van der Waals surface area contributed by atoms with Gasteiger partial charge in [-0.3, -0.25) is 4.29 Å². The van der Waals surface area contributed by atoms with Crippen molar-refractivity contribution in [1.29, 1.82) is 0 Å². The quantitative estimate of drug-likeness (QED) is 0.449. The molecular weight excluding hydrogens is 166 g/mol. The van der Waals surface area contributed by atoms with Crippen LogP contribution in [-0.4, -0.2) is 52.0 Å². The van der Waals surface area contributed by atoms with Gasteiger partial charge in [-0.25, -0.2) is 0 Å². The Morgan fingerprint density at radius 2 is 1.73 bits per heavy atom. The number of rotatable bonds is 6. The van der Waals surface area contributed by atoms with E-state index in [2.05, 4.69) is 25.4 Å². The van der Waals surface area contributed by atoms with E-state index < -0.39 is 0 Å². The Morgan fingerprint density at radius 1 is 1.09 bits per heavy atom. The van der Waals surface area contributed by atoms with E-state index in [1.54, 1.807) is 0 Å². The highest BCUT2D eigenvalue weighted by atomic mass is 35.5. The maximum atomic E-state index is 5.22. The van der Waals surface area contributed by atoms with Gasteiger partial charge < -0.3 is 9.22 Å². The van der Waals surface area contributed by atoms with Crippen molar-refractivity contribution >= 4 is 11.9 Å². The highest BCUT2D eigenvalue weighted by Gasteiger charge is 2.04. The highest BCUT2D eigenvalue weighted by Crippen LogP contribution is 1.89. The molecule has 0 aliphatic rings. The van der Waals surface area contributed by atoms with Gasteiger partial charge in [0, 0.05) is 0 Å². The summed E-state index contributed by atoms with van der Waals surface area (Å²) in [5, 5.41) is 0. The molecular formula is C7H17ClNO2+. The van der Waals surface area contributed by atoms with E-state index in [0.29, 0.717) is 13.2 Å². The van der Waals surface area contributed by atoms with Gasteiger partial charge in [0.15, 0.2) is 0 Å². The van der Waals surface area contributed by atoms with Crippen LogP contribution in [-0.2, 0) is 9.03 Å². The summed E-state index contributed by atoms with van der Waals surface area (Å²) in [4.78, 5) is 0. The summed E-state index contributed by atoms with van der Waals surface area (Å²) >= 11 is 4.99. The monoisotopic (exact) mass is 182 g/mol. The molecule has 0 aromatic carbocycles. The zero-order valence-corrected chi connectivity index (χ0v) is 8.23. The topological polar surface area (TPSA) is 18.5 Å². The Hall–Kier alpha value is 0.170. The highest BCUT2D eigenvalue weighted by molar-refractivity contribution is 6.07. The SMILES string of the molecule is C[N+](C)(C)CCOCCOCl. The van der Waals surface area contributed by atoms with Crippen molar-refractivity contribution in [1.82, 2.24) is 0 Å². The van der Waals surface area contributed by atoms with Crippen LogP contribution in [0, 0.1) is 0 Å². The summed E-state index contributed by atoms with van der Waals surface area (Å²) < 4.78 is 10.5. The van der Waals surface area contributed by atoms with Gasteiger partial charge in [0.25, 0.3) is 0 Å². The second kappa shape index (κ2) is 5.77. The molecule has 0 atom stereocenters. The van der Waals surface area contributed by atoms with Crippen LogP contribution in [0.2, 0.25) is 0 Å². The molecule has 0 bridgehead atoms. The van der Waals surface area contributed by atoms with Crippen molar-refractivity contribution in [3.05, 3.63) is 0 Å². The van der Waals surface area contributed by atoms with Crippen molar-refractivity contribution in [2.75, 3.05) is 47.5 Å². The predicted octanol–water partition coefficient (Wildman–Crippen LogP) is 0.880. The summed E-state index contributed by atoms with van der Waals surface area (Å²) in [6, 6.07) is 0. The van der Waals surface area contributed by atoms with Gasteiger partial charge in [0.05, 0.1) is 52.8 Å². The molecule has 0 saturated carbocycles. The van der Waals surface area contributed by atoms with Crippen LogP contribution in [0.5, 0.6) is 0 Å². The van der Waals surface area contributed by atoms with Crippen molar-refractivity contribution in [2.24, 2.45) is 0 Å². The van der Waals surface area contributed by atoms with Crippen LogP contribution in [0.4, 0.5) is 0 Å². The molecule has 3 nitrogen and oxygen atoms in total. The molecule has 0 amide bonds. The minimum Gasteiger partial charge on any atom is -0.373 e. The second-order valence-corrected chi connectivity index (χ2v) is 3.66. The fourth-order valence-electron chi connectivity index (χ4n) is 0.531. The standard InChI is InChI=1S/C7H17ClNO2/c1-9(2,3)4-5-10-6-7-11-8/h4-7H2,1-3H3/q+1.